The van der Waals surface area contributed by atoms with Crippen LogP contribution in [-0.2, 0) is 27.7 Å². The van der Waals surface area contributed by atoms with E-state index in [4.69, 9.17) is 0 Å². The van der Waals surface area contributed by atoms with E-state index in [0.29, 0.717) is 18.8 Å². The first-order valence-electron chi connectivity index (χ1n) is 9.78. The van der Waals surface area contributed by atoms with Gasteiger partial charge < -0.3 is 10.6 Å². The summed E-state index contributed by atoms with van der Waals surface area (Å²) in [5.41, 5.74) is 4.10. The molecule has 1 saturated heterocycles. The summed E-state index contributed by atoms with van der Waals surface area (Å²) >= 11 is 0. The maximum absolute atomic E-state index is 12.7. The van der Waals surface area contributed by atoms with Gasteiger partial charge in [-0.2, -0.15) is 4.31 Å². The van der Waals surface area contributed by atoms with Gasteiger partial charge in [-0.25, -0.2) is 8.42 Å². The lowest BCUT2D eigenvalue weighted by Crippen LogP contribution is -2.28. The third-order valence-electron chi connectivity index (χ3n) is 5.37. The number of sulfonamides is 1. The molecule has 6 nitrogen and oxygen atoms in total. The molecule has 0 radical (unpaired) electrons. The highest BCUT2D eigenvalue weighted by molar-refractivity contribution is 7.89. The van der Waals surface area contributed by atoms with Crippen LogP contribution >= 0.6 is 0 Å². The SMILES string of the molecule is O=C(CNc1cccc(S(=O)(=O)N2CCCC2)c1)Nc1ccc2c(c1)CCC2. The van der Waals surface area contributed by atoms with Crippen molar-refractivity contribution >= 4 is 27.3 Å². The fourth-order valence-electron chi connectivity index (χ4n) is 3.88. The minimum atomic E-state index is -3.46. The van der Waals surface area contributed by atoms with Gasteiger partial charge >= 0.3 is 0 Å². The molecule has 1 aliphatic carbocycles. The van der Waals surface area contributed by atoms with E-state index in [2.05, 4.69) is 16.7 Å². The zero-order valence-electron chi connectivity index (χ0n) is 15.8. The van der Waals surface area contributed by atoms with Crippen molar-refractivity contribution in [3.63, 3.8) is 0 Å². The molecule has 1 heterocycles. The van der Waals surface area contributed by atoms with Gasteiger partial charge in [0.05, 0.1) is 11.4 Å². The summed E-state index contributed by atoms with van der Waals surface area (Å²) in [5, 5.41) is 5.93. The highest BCUT2D eigenvalue weighted by Gasteiger charge is 2.27. The molecule has 0 atom stereocenters. The van der Waals surface area contributed by atoms with Gasteiger partial charge in [-0.05, 0) is 73.6 Å². The van der Waals surface area contributed by atoms with Crippen LogP contribution < -0.4 is 10.6 Å². The van der Waals surface area contributed by atoms with Gasteiger partial charge in [-0.15, -0.1) is 0 Å². The van der Waals surface area contributed by atoms with Crippen LogP contribution in [0.5, 0.6) is 0 Å². The lowest BCUT2D eigenvalue weighted by Gasteiger charge is -2.16. The molecule has 0 unspecified atom stereocenters. The summed E-state index contributed by atoms with van der Waals surface area (Å²) < 4.78 is 26.9. The van der Waals surface area contributed by atoms with E-state index in [1.165, 1.54) is 21.9 Å². The van der Waals surface area contributed by atoms with E-state index >= 15 is 0 Å². The van der Waals surface area contributed by atoms with E-state index < -0.39 is 10.0 Å². The fourth-order valence-corrected chi connectivity index (χ4v) is 5.44. The van der Waals surface area contributed by atoms with Crippen LogP contribution in [0, 0.1) is 0 Å². The molecule has 0 saturated carbocycles. The number of hydrogen-bond acceptors (Lipinski definition) is 4. The Labute approximate surface area is 166 Å². The predicted octanol–water partition coefficient (Wildman–Crippen LogP) is 3.01. The maximum atomic E-state index is 12.7. The lowest BCUT2D eigenvalue weighted by atomic mass is 10.1. The standard InChI is InChI=1S/C21H25N3O3S/c25-21(23-19-10-9-16-5-3-6-17(16)13-19)15-22-18-7-4-8-20(14-18)28(26,27)24-11-1-2-12-24/h4,7-10,13-14,22H,1-3,5-6,11-12,15H2,(H,23,25). The van der Waals surface area contributed by atoms with Crippen LogP contribution in [0.25, 0.3) is 0 Å². The molecule has 2 N–H and O–H groups in total. The molecular formula is C21H25N3O3S. The normalized spacial score (nSPS) is 16.7. The molecule has 28 heavy (non-hydrogen) atoms. The second-order valence-electron chi connectivity index (χ2n) is 7.38. The summed E-state index contributed by atoms with van der Waals surface area (Å²) in [7, 11) is -3.46. The molecular weight excluding hydrogens is 374 g/mol. The number of aryl methyl sites for hydroxylation is 2. The number of nitrogens with one attached hydrogen (secondary N) is 2. The van der Waals surface area contributed by atoms with Gasteiger partial charge in [-0.1, -0.05) is 12.1 Å². The smallest absolute Gasteiger partial charge is 0.243 e. The Hall–Kier alpha value is -2.38. The topological polar surface area (TPSA) is 78.5 Å². The number of amides is 1. The molecule has 2 aliphatic rings. The minimum Gasteiger partial charge on any atom is -0.376 e. The largest absolute Gasteiger partial charge is 0.376 e. The Morgan fingerprint density at radius 1 is 0.929 bits per heavy atom. The molecule has 1 aliphatic heterocycles. The Morgan fingerprint density at radius 2 is 1.71 bits per heavy atom. The van der Waals surface area contributed by atoms with E-state index in [0.717, 1.165) is 31.4 Å². The van der Waals surface area contributed by atoms with Crippen LogP contribution in [0.4, 0.5) is 11.4 Å². The van der Waals surface area contributed by atoms with Crippen molar-refractivity contribution in [2.45, 2.75) is 37.0 Å². The van der Waals surface area contributed by atoms with Gasteiger partial charge in [-0.3, -0.25) is 4.79 Å². The van der Waals surface area contributed by atoms with Gasteiger partial charge in [0, 0.05) is 24.5 Å². The van der Waals surface area contributed by atoms with Gasteiger partial charge in [0.1, 0.15) is 0 Å². The van der Waals surface area contributed by atoms with Crippen molar-refractivity contribution in [2.24, 2.45) is 0 Å². The molecule has 0 spiro atoms. The number of carbonyl (C=O) groups is 1. The third-order valence-corrected chi connectivity index (χ3v) is 7.27. The van der Waals surface area contributed by atoms with Crippen LogP contribution in [0.3, 0.4) is 0 Å². The maximum Gasteiger partial charge on any atom is 0.243 e. The average Bonchev–Trinajstić information content (AvgIpc) is 3.38. The number of anilines is 2. The first-order valence-corrected chi connectivity index (χ1v) is 11.2. The van der Waals surface area contributed by atoms with Crippen molar-refractivity contribution in [3.8, 4) is 0 Å². The molecule has 7 heteroatoms. The fraction of sp³-hybridized carbons (Fsp3) is 0.381. The number of nitrogens with zero attached hydrogens (tertiary/aromatic N) is 1. The van der Waals surface area contributed by atoms with Crippen molar-refractivity contribution in [1.82, 2.24) is 4.31 Å². The Balaban J connectivity index is 1.37. The zero-order chi connectivity index (χ0) is 19.6. The molecule has 0 bridgehead atoms. The van der Waals surface area contributed by atoms with Crippen molar-refractivity contribution in [1.29, 1.82) is 0 Å². The predicted molar refractivity (Wildman–Crippen MR) is 110 cm³/mol. The van der Waals surface area contributed by atoms with E-state index in [9.17, 15) is 13.2 Å². The molecule has 2 aromatic rings. The second-order valence-corrected chi connectivity index (χ2v) is 9.32. The first-order chi connectivity index (χ1) is 13.5. The molecule has 4 rings (SSSR count). The second kappa shape index (κ2) is 7.93. The highest BCUT2D eigenvalue weighted by atomic mass is 32.2. The molecule has 2 aromatic carbocycles. The van der Waals surface area contributed by atoms with Gasteiger partial charge in [0.15, 0.2) is 0 Å². The van der Waals surface area contributed by atoms with Gasteiger partial charge in [0.25, 0.3) is 0 Å². The molecule has 148 valence electrons. The molecule has 1 fully saturated rings. The van der Waals surface area contributed by atoms with E-state index in [-0.39, 0.29) is 17.3 Å². The number of carbonyl (C=O) groups excluding carboxylic acids is 1. The summed E-state index contributed by atoms with van der Waals surface area (Å²) in [6.07, 6.45) is 5.16. The Bertz CT molecular complexity index is 982. The van der Waals surface area contributed by atoms with E-state index in [1.807, 2.05) is 12.1 Å². The summed E-state index contributed by atoms with van der Waals surface area (Å²) in [6, 6.07) is 12.7. The first kappa shape index (κ1) is 19.0. The lowest BCUT2D eigenvalue weighted by molar-refractivity contribution is -0.114. The number of rotatable bonds is 6. The summed E-state index contributed by atoms with van der Waals surface area (Å²) in [4.78, 5) is 12.5. The monoisotopic (exact) mass is 399 g/mol. The molecule has 1 amide bonds. The van der Waals surface area contributed by atoms with E-state index in [1.54, 1.807) is 24.3 Å². The Morgan fingerprint density at radius 3 is 2.54 bits per heavy atom. The van der Waals surface area contributed by atoms with Crippen LogP contribution in [-0.4, -0.2) is 38.3 Å². The molecule has 0 aromatic heterocycles. The van der Waals surface area contributed by atoms with Crippen LogP contribution in [0.2, 0.25) is 0 Å². The number of hydrogen-bond donors (Lipinski definition) is 2. The highest BCUT2D eigenvalue weighted by Crippen LogP contribution is 2.25. The zero-order valence-corrected chi connectivity index (χ0v) is 16.6. The van der Waals surface area contributed by atoms with Crippen molar-refractivity contribution in [2.75, 3.05) is 30.3 Å². The van der Waals surface area contributed by atoms with Crippen molar-refractivity contribution < 1.29 is 13.2 Å². The van der Waals surface area contributed by atoms with Crippen LogP contribution in [0.1, 0.15) is 30.4 Å². The Kier molecular flexibility index (Phi) is 5.37. The third kappa shape index (κ3) is 4.05. The summed E-state index contributed by atoms with van der Waals surface area (Å²) in [6.45, 7) is 1.22. The van der Waals surface area contributed by atoms with Crippen LogP contribution in [0.15, 0.2) is 47.4 Å². The minimum absolute atomic E-state index is 0.0737. The number of benzene rings is 2. The number of fused-ring (bicyclic) bond motifs is 1. The quantitative estimate of drug-likeness (QED) is 0.783. The van der Waals surface area contributed by atoms with Gasteiger partial charge in [0.2, 0.25) is 15.9 Å². The van der Waals surface area contributed by atoms with Crippen molar-refractivity contribution in [3.05, 3.63) is 53.6 Å². The average molecular weight is 400 g/mol. The summed E-state index contributed by atoms with van der Waals surface area (Å²) in [5.74, 6) is -0.161.